The van der Waals surface area contributed by atoms with Gasteiger partial charge in [0.2, 0.25) is 5.91 Å². The maximum Gasteiger partial charge on any atom is 0.221 e. The molecule has 0 aliphatic carbocycles. The molecule has 0 aliphatic rings. The van der Waals surface area contributed by atoms with E-state index in [-0.39, 0.29) is 11.8 Å². The number of carbonyl (C=O) groups excluding carboxylic acids is 1. The van der Waals surface area contributed by atoms with E-state index in [1.807, 2.05) is 43.3 Å². The van der Waals surface area contributed by atoms with Crippen LogP contribution in [-0.4, -0.2) is 16.1 Å². The second-order valence-corrected chi connectivity index (χ2v) is 6.84. The molecule has 4 nitrogen and oxygen atoms in total. The predicted octanol–water partition coefficient (Wildman–Crippen LogP) is 3.68. The quantitative estimate of drug-likeness (QED) is 0.746. The Labute approximate surface area is 145 Å². The van der Waals surface area contributed by atoms with E-state index in [4.69, 9.17) is 0 Å². The van der Waals surface area contributed by atoms with Gasteiger partial charge in [-0.2, -0.15) is 0 Å². The number of hydrogen-bond acceptors (Lipinski definition) is 4. The lowest BCUT2D eigenvalue weighted by Crippen LogP contribution is -2.25. The fraction of sp³-hybridized carbons (Fsp3) is 0.211. The molecule has 3 aromatic rings. The van der Waals surface area contributed by atoms with Crippen LogP contribution in [0.5, 0.6) is 0 Å². The van der Waals surface area contributed by atoms with Crippen LogP contribution >= 0.6 is 11.3 Å². The molecule has 122 valence electrons. The predicted molar refractivity (Wildman–Crippen MR) is 95.8 cm³/mol. The molecule has 1 N–H and O–H groups in total. The smallest absolute Gasteiger partial charge is 0.221 e. The molecule has 1 heterocycles. The Morgan fingerprint density at radius 2 is 1.58 bits per heavy atom. The van der Waals surface area contributed by atoms with Gasteiger partial charge in [-0.1, -0.05) is 72.0 Å². The first-order chi connectivity index (χ1) is 11.7. The van der Waals surface area contributed by atoms with Gasteiger partial charge in [0, 0.05) is 12.3 Å². The van der Waals surface area contributed by atoms with Crippen LogP contribution in [-0.2, 0) is 11.3 Å². The van der Waals surface area contributed by atoms with E-state index in [1.54, 1.807) is 0 Å². The van der Waals surface area contributed by atoms with Crippen LogP contribution in [0.25, 0.3) is 0 Å². The molecular formula is C19H19N3OS. The highest BCUT2D eigenvalue weighted by Crippen LogP contribution is 2.27. The summed E-state index contributed by atoms with van der Waals surface area (Å²) in [6.45, 7) is 2.34. The lowest BCUT2D eigenvalue weighted by Gasteiger charge is -2.17. The summed E-state index contributed by atoms with van der Waals surface area (Å²) in [5.74, 6) is 0.0594. The second-order valence-electron chi connectivity index (χ2n) is 5.57. The van der Waals surface area contributed by atoms with Crippen molar-refractivity contribution in [3.05, 3.63) is 81.8 Å². The van der Waals surface area contributed by atoms with Crippen molar-refractivity contribution in [3.8, 4) is 0 Å². The third-order valence-electron chi connectivity index (χ3n) is 3.80. The Morgan fingerprint density at radius 3 is 2.08 bits per heavy atom. The molecule has 24 heavy (non-hydrogen) atoms. The molecule has 0 radical (unpaired) electrons. The highest BCUT2D eigenvalue weighted by atomic mass is 32.1. The minimum Gasteiger partial charge on any atom is -0.349 e. The monoisotopic (exact) mass is 337 g/mol. The average Bonchev–Trinajstić information content (AvgIpc) is 3.05. The molecule has 0 atom stereocenters. The molecule has 0 saturated heterocycles. The van der Waals surface area contributed by atoms with Crippen LogP contribution in [0.4, 0.5) is 0 Å². The lowest BCUT2D eigenvalue weighted by molar-refractivity contribution is -0.121. The van der Waals surface area contributed by atoms with Crippen molar-refractivity contribution < 1.29 is 4.79 Å². The summed E-state index contributed by atoms with van der Waals surface area (Å²) in [5, 5.41) is 12.7. The number of hydrogen-bond donors (Lipinski definition) is 1. The van der Waals surface area contributed by atoms with Gasteiger partial charge in [0.05, 0.1) is 6.54 Å². The van der Waals surface area contributed by atoms with Crippen LogP contribution in [0.1, 0.15) is 33.5 Å². The first-order valence-electron chi connectivity index (χ1n) is 7.88. The summed E-state index contributed by atoms with van der Waals surface area (Å²) >= 11 is 1.50. The normalized spacial score (nSPS) is 10.8. The minimum atomic E-state index is 0.0144. The van der Waals surface area contributed by atoms with Crippen molar-refractivity contribution in [1.82, 2.24) is 15.5 Å². The summed E-state index contributed by atoms with van der Waals surface area (Å²) in [4.78, 5) is 12.4. The van der Waals surface area contributed by atoms with Crippen molar-refractivity contribution in [2.45, 2.75) is 25.8 Å². The van der Waals surface area contributed by atoms with E-state index in [9.17, 15) is 4.79 Å². The SMILES string of the molecule is Cc1nnc(CNC(=O)CC(c2ccccc2)c2ccccc2)s1. The zero-order chi connectivity index (χ0) is 16.8. The van der Waals surface area contributed by atoms with Crippen LogP contribution in [0.2, 0.25) is 0 Å². The zero-order valence-corrected chi connectivity index (χ0v) is 14.3. The third-order valence-corrected chi connectivity index (χ3v) is 4.64. The van der Waals surface area contributed by atoms with Gasteiger partial charge in [0.15, 0.2) is 0 Å². The Balaban J connectivity index is 1.71. The van der Waals surface area contributed by atoms with Gasteiger partial charge in [-0.25, -0.2) is 0 Å². The average molecular weight is 337 g/mol. The lowest BCUT2D eigenvalue weighted by atomic mass is 9.88. The summed E-state index contributed by atoms with van der Waals surface area (Å²) in [7, 11) is 0. The van der Waals surface area contributed by atoms with Crippen molar-refractivity contribution in [2.75, 3.05) is 0 Å². The van der Waals surface area contributed by atoms with Gasteiger partial charge in [-0.15, -0.1) is 10.2 Å². The van der Waals surface area contributed by atoms with E-state index in [0.717, 1.165) is 21.1 Å². The van der Waals surface area contributed by atoms with Crippen molar-refractivity contribution in [2.24, 2.45) is 0 Å². The number of nitrogens with one attached hydrogen (secondary N) is 1. The summed E-state index contributed by atoms with van der Waals surface area (Å²) in [6, 6.07) is 20.3. The number of aryl methyl sites for hydroxylation is 1. The summed E-state index contributed by atoms with van der Waals surface area (Å²) in [5.41, 5.74) is 2.29. The maximum absolute atomic E-state index is 12.4. The maximum atomic E-state index is 12.4. The summed E-state index contributed by atoms with van der Waals surface area (Å²) < 4.78 is 0. The van der Waals surface area contributed by atoms with Gasteiger partial charge in [0.1, 0.15) is 10.0 Å². The van der Waals surface area contributed by atoms with Crippen LogP contribution in [0, 0.1) is 6.92 Å². The molecule has 0 saturated carbocycles. The number of carbonyl (C=O) groups is 1. The Hall–Kier alpha value is -2.53. The van der Waals surface area contributed by atoms with E-state index in [2.05, 4.69) is 39.8 Å². The van der Waals surface area contributed by atoms with Crippen molar-refractivity contribution in [3.63, 3.8) is 0 Å². The number of nitrogens with zero attached hydrogens (tertiary/aromatic N) is 2. The molecule has 0 spiro atoms. The molecule has 1 amide bonds. The zero-order valence-electron chi connectivity index (χ0n) is 13.5. The first-order valence-corrected chi connectivity index (χ1v) is 8.69. The molecule has 3 rings (SSSR count). The molecule has 1 aromatic heterocycles. The highest BCUT2D eigenvalue weighted by molar-refractivity contribution is 7.11. The van der Waals surface area contributed by atoms with E-state index < -0.39 is 0 Å². The van der Waals surface area contributed by atoms with Crippen LogP contribution in [0.15, 0.2) is 60.7 Å². The Bertz CT molecular complexity index is 747. The minimum absolute atomic E-state index is 0.0144. The fourth-order valence-electron chi connectivity index (χ4n) is 2.64. The first kappa shape index (κ1) is 16.3. The molecule has 5 heteroatoms. The highest BCUT2D eigenvalue weighted by Gasteiger charge is 2.18. The van der Waals surface area contributed by atoms with E-state index in [1.165, 1.54) is 11.3 Å². The van der Waals surface area contributed by atoms with Gasteiger partial charge >= 0.3 is 0 Å². The topological polar surface area (TPSA) is 54.9 Å². The molecule has 0 unspecified atom stereocenters. The second kappa shape index (κ2) is 7.84. The van der Waals surface area contributed by atoms with Crippen molar-refractivity contribution in [1.29, 1.82) is 0 Å². The molecule has 2 aromatic carbocycles. The standard InChI is InChI=1S/C19H19N3OS/c1-14-21-22-19(24-14)13-20-18(23)12-17(15-8-4-2-5-9-15)16-10-6-3-7-11-16/h2-11,17H,12-13H2,1H3,(H,20,23). The number of rotatable bonds is 6. The molecular weight excluding hydrogens is 318 g/mol. The molecule has 0 aliphatic heterocycles. The number of amides is 1. The summed E-state index contributed by atoms with van der Waals surface area (Å²) in [6.07, 6.45) is 0.409. The fourth-order valence-corrected chi connectivity index (χ4v) is 3.29. The third kappa shape index (κ3) is 4.26. The Morgan fingerprint density at radius 1 is 1.00 bits per heavy atom. The largest absolute Gasteiger partial charge is 0.349 e. The van der Waals surface area contributed by atoms with Gasteiger partial charge < -0.3 is 5.32 Å². The van der Waals surface area contributed by atoms with E-state index >= 15 is 0 Å². The number of benzene rings is 2. The van der Waals surface area contributed by atoms with Crippen LogP contribution in [0.3, 0.4) is 0 Å². The Kier molecular flexibility index (Phi) is 5.33. The molecule has 0 bridgehead atoms. The molecule has 0 fully saturated rings. The van der Waals surface area contributed by atoms with E-state index in [0.29, 0.717) is 13.0 Å². The number of aromatic nitrogens is 2. The van der Waals surface area contributed by atoms with Crippen molar-refractivity contribution >= 4 is 17.2 Å². The van der Waals surface area contributed by atoms with Gasteiger partial charge in [-0.05, 0) is 18.1 Å². The van der Waals surface area contributed by atoms with Gasteiger partial charge in [0.25, 0.3) is 0 Å². The van der Waals surface area contributed by atoms with Crippen LogP contribution < -0.4 is 5.32 Å². The van der Waals surface area contributed by atoms with Gasteiger partial charge in [-0.3, -0.25) is 4.79 Å².